The highest BCUT2D eigenvalue weighted by atomic mass is 32.2. The van der Waals surface area contributed by atoms with Crippen LogP contribution in [0.15, 0.2) is 18.5 Å². The van der Waals surface area contributed by atoms with E-state index in [0.29, 0.717) is 6.54 Å². The maximum atomic E-state index is 11.3. The summed E-state index contributed by atoms with van der Waals surface area (Å²) in [6.45, 7) is 3.03. The molecule has 0 bridgehead atoms. The predicted molar refractivity (Wildman–Crippen MR) is 61.5 cm³/mol. The summed E-state index contributed by atoms with van der Waals surface area (Å²) in [4.78, 5) is 0. The number of sulfone groups is 1. The van der Waals surface area contributed by atoms with Crippen molar-refractivity contribution in [2.75, 3.05) is 18.6 Å². The lowest BCUT2D eigenvalue weighted by Crippen LogP contribution is -2.13. The van der Waals surface area contributed by atoms with E-state index < -0.39 is 9.84 Å². The van der Waals surface area contributed by atoms with Crippen molar-refractivity contribution in [3.8, 4) is 0 Å². The van der Waals surface area contributed by atoms with Gasteiger partial charge in [-0.25, -0.2) is 8.42 Å². The van der Waals surface area contributed by atoms with Crippen molar-refractivity contribution in [1.82, 2.24) is 9.88 Å². The predicted octanol–water partition coefficient (Wildman–Crippen LogP) is 0.642. The number of aryl methyl sites for hydroxylation is 1. The van der Waals surface area contributed by atoms with Crippen LogP contribution in [0.25, 0.3) is 0 Å². The van der Waals surface area contributed by atoms with Gasteiger partial charge in [-0.3, -0.25) is 0 Å². The Bertz CT molecular complexity index is 395. The highest BCUT2D eigenvalue weighted by Crippen LogP contribution is 2.02. The lowest BCUT2D eigenvalue weighted by atomic mass is 10.3. The van der Waals surface area contributed by atoms with E-state index in [1.54, 1.807) is 6.92 Å². The van der Waals surface area contributed by atoms with E-state index in [1.165, 1.54) is 5.56 Å². The largest absolute Gasteiger partial charge is 0.353 e. The summed E-state index contributed by atoms with van der Waals surface area (Å²) in [5.74, 6) is 0.439. The number of aromatic nitrogens is 1. The van der Waals surface area contributed by atoms with Crippen LogP contribution in [-0.2, 0) is 22.9 Å². The van der Waals surface area contributed by atoms with Crippen LogP contribution in [0.5, 0.6) is 0 Å². The molecule has 15 heavy (non-hydrogen) atoms. The lowest BCUT2D eigenvalue weighted by Gasteiger charge is -2.02. The maximum Gasteiger partial charge on any atom is 0.151 e. The second kappa shape index (κ2) is 5.32. The fourth-order valence-electron chi connectivity index (χ4n) is 1.33. The zero-order valence-corrected chi connectivity index (χ0v) is 10.0. The molecule has 0 aliphatic heterocycles. The minimum Gasteiger partial charge on any atom is -0.353 e. The molecule has 0 aliphatic carbocycles. The first-order valence-electron chi connectivity index (χ1n) is 5.07. The zero-order chi connectivity index (χ0) is 11.3. The molecule has 1 aromatic heterocycles. The highest BCUT2D eigenvalue weighted by Gasteiger charge is 2.07. The van der Waals surface area contributed by atoms with Gasteiger partial charge in [0, 0.05) is 31.2 Å². The van der Waals surface area contributed by atoms with Gasteiger partial charge in [0.15, 0.2) is 9.84 Å². The van der Waals surface area contributed by atoms with E-state index in [-0.39, 0.29) is 11.5 Å². The van der Waals surface area contributed by atoms with Crippen molar-refractivity contribution in [1.29, 1.82) is 0 Å². The molecule has 0 unspecified atom stereocenters. The molecule has 0 spiro atoms. The minimum absolute atomic E-state index is 0.219. The molecule has 0 fully saturated rings. The molecule has 1 N–H and O–H groups in total. The lowest BCUT2D eigenvalue weighted by molar-refractivity contribution is 0.590. The Labute approximate surface area is 91.2 Å². The second-order valence-corrected chi connectivity index (χ2v) is 6.00. The monoisotopic (exact) mass is 230 g/mol. The smallest absolute Gasteiger partial charge is 0.151 e. The maximum absolute atomic E-state index is 11.3. The molecular formula is C10H18N2O2S. The minimum atomic E-state index is -2.86. The number of hydrogen-bond acceptors (Lipinski definition) is 3. The molecule has 1 rings (SSSR count). The van der Waals surface area contributed by atoms with E-state index in [2.05, 4.69) is 5.32 Å². The van der Waals surface area contributed by atoms with Crippen LogP contribution in [0.1, 0.15) is 12.5 Å². The van der Waals surface area contributed by atoms with Crippen LogP contribution in [0.2, 0.25) is 0 Å². The summed E-state index contributed by atoms with van der Waals surface area (Å²) < 4.78 is 24.5. The van der Waals surface area contributed by atoms with E-state index >= 15 is 0 Å². The van der Waals surface area contributed by atoms with Crippen molar-refractivity contribution < 1.29 is 8.42 Å². The number of hydrogen-bond donors (Lipinski definition) is 1. The highest BCUT2D eigenvalue weighted by molar-refractivity contribution is 7.91. The van der Waals surface area contributed by atoms with Crippen molar-refractivity contribution in [2.45, 2.75) is 20.0 Å². The first-order valence-corrected chi connectivity index (χ1v) is 6.89. The second-order valence-electron chi connectivity index (χ2n) is 3.52. The van der Waals surface area contributed by atoms with Gasteiger partial charge in [-0.15, -0.1) is 0 Å². The SMILES string of the molecule is CCS(=O)(=O)CCn1ccc(CNC)c1. The Morgan fingerprint density at radius 2 is 2.20 bits per heavy atom. The summed E-state index contributed by atoms with van der Waals surface area (Å²) in [7, 11) is -0.969. The first-order chi connectivity index (χ1) is 7.07. The van der Waals surface area contributed by atoms with E-state index in [1.807, 2.05) is 30.1 Å². The van der Waals surface area contributed by atoms with Gasteiger partial charge in [-0.05, 0) is 18.7 Å². The third-order valence-electron chi connectivity index (χ3n) is 2.29. The van der Waals surface area contributed by atoms with E-state index in [4.69, 9.17) is 0 Å². The Morgan fingerprint density at radius 3 is 2.80 bits per heavy atom. The number of rotatable bonds is 6. The summed E-state index contributed by atoms with van der Waals surface area (Å²) in [5, 5.41) is 3.05. The van der Waals surface area contributed by atoms with Gasteiger partial charge in [0.25, 0.3) is 0 Å². The molecule has 0 atom stereocenters. The summed E-state index contributed by atoms with van der Waals surface area (Å²) >= 11 is 0. The van der Waals surface area contributed by atoms with Gasteiger partial charge >= 0.3 is 0 Å². The molecule has 1 heterocycles. The third kappa shape index (κ3) is 4.05. The fourth-order valence-corrected chi connectivity index (χ4v) is 2.10. The molecule has 86 valence electrons. The molecular weight excluding hydrogens is 212 g/mol. The molecule has 0 aliphatic rings. The molecule has 0 saturated carbocycles. The third-order valence-corrected chi connectivity index (χ3v) is 3.98. The van der Waals surface area contributed by atoms with Crippen molar-refractivity contribution in [2.24, 2.45) is 0 Å². The Kier molecular flexibility index (Phi) is 4.35. The summed E-state index contributed by atoms with van der Waals surface area (Å²) in [5.41, 5.74) is 1.17. The Hall–Kier alpha value is -0.810. The molecule has 0 saturated heterocycles. The summed E-state index contributed by atoms with van der Waals surface area (Å²) in [6, 6.07) is 2.00. The molecule has 1 aromatic rings. The average Bonchev–Trinajstić information content (AvgIpc) is 2.64. The van der Waals surface area contributed by atoms with Crippen molar-refractivity contribution >= 4 is 9.84 Å². The fraction of sp³-hybridized carbons (Fsp3) is 0.600. The molecule has 0 aromatic carbocycles. The van der Waals surface area contributed by atoms with Gasteiger partial charge in [-0.1, -0.05) is 6.92 Å². The van der Waals surface area contributed by atoms with Crippen LogP contribution in [0.4, 0.5) is 0 Å². The van der Waals surface area contributed by atoms with Gasteiger partial charge in [0.1, 0.15) is 0 Å². The van der Waals surface area contributed by atoms with Gasteiger partial charge in [0.2, 0.25) is 0 Å². The molecule has 5 heteroatoms. The average molecular weight is 230 g/mol. The molecule has 4 nitrogen and oxygen atoms in total. The standard InChI is InChI=1S/C10H18N2O2S/c1-3-15(13,14)7-6-12-5-4-10(9-12)8-11-2/h4-5,9,11H,3,6-8H2,1-2H3. The van der Waals surface area contributed by atoms with Crippen LogP contribution in [-0.4, -0.2) is 31.5 Å². The quantitative estimate of drug-likeness (QED) is 0.780. The molecule has 0 amide bonds. The summed E-state index contributed by atoms with van der Waals surface area (Å²) in [6.07, 6.45) is 3.89. The normalized spacial score (nSPS) is 11.9. The van der Waals surface area contributed by atoms with Crippen LogP contribution < -0.4 is 5.32 Å². The molecule has 0 radical (unpaired) electrons. The zero-order valence-electron chi connectivity index (χ0n) is 9.23. The number of nitrogens with one attached hydrogen (secondary N) is 1. The van der Waals surface area contributed by atoms with Crippen molar-refractivity contribution in [3.05, 3.63) is 24.0 Å². The van der Waals surface area contributed by atoms with Crippen LogP contribution >= 0.6 is 0 Å². The first kappa shape index (κ1) is 12.3. The van der Waals surface area contributed by atoms with E-state index in [0.717, 1.165) is 6.54 Å². The van der Waals surface area contributed by atoms with Crippen molar-refractivity contribution in [3.63, 3.8) is 0 Å². The Balaban J connectivity index is 2.51. The van der Waals surface area contributed by atoms with E-state index in [9.17, 15) is 8.42 Å². The van der Waals surface area contributed by atoms with Crippen LogP contribution in [0, 0.1) is 0 Å². The van der Waals surface area contributed by atoms with Crippen LogP contribution in [0.3, 0.4) is 0 Å². The van der Waals surface area contributed by atoms with Gasteiger partial charge in [-0.2, -0.15) is 0 Å². The van der Waals surface area contributed by atoms with Gasteiger partial charge in [0.05, 0.1) is 5.75 Å². The van der Waals surface area contributed by atoms with Gasteiger partial charge < -0.3 is 9.88 Å². The number of nitrogens with zero attached hydrogens (tertiary/aromatic N) is 1. The topological polar surface area (TPSA) is 51.1 Å². The Morgan fingerprint density at radius 1 is 1.47 bits per heavy atom.